The molecule has 2 aliphatic heterocycles. The number of fused-ring (bicyclic) bond motifs is 6. The molecular formula is C19H13F2N7O3. The normalized spacial score (nSPS) is 16.5. The number of nitrogen functional groups attached to an aromatic ring is 1. The van der Waals surface area contributed by atoms with Gasteiger partial charge in [0.1, 0.15) is 5.52 Å². The first-order valence-electron chi connectivity index (χ1n) is 9.36. The minimum absolute atomic E-state index is 0.0395. The predicted molar refractivity (Wildman–Crippen MR) is 102 cm³/mol. The molecule has 12 heteroatoms. The molecule has 0 saturated carbocycles. The minimum atomic E-state index is -3.77. The van der Waals surface area contributed by atoms with Gasteiger partial charge in [0, 0.05) is 24.5 Å². The number of carbonyl (C=O) groups is 1. The van der Waals surface area contributed by atoms with E-state index in [-0.39, 0.29) is 28.9 Å². The lowest BCUT2D eigenvalue weighted by molar-refractivity contribution is -0.286. The zero-order chi connectivity index (χ0) is 21.3. The average molecular weight is 425 g/mol. The van der Waals surface area contributed by atoms with E-state index in [0.29, 0.717) is 41.9 Å². The zero-order valence-corrected chi connectivity index (χ0v) is 15.7. The standard InChI is InChI=1S/C19H13F2N7O3/c20-19(21)30-12-4-3-10-14(15(12)31-19)25-18(22)28-16(10)24-13(26-28)5-7-27-8-11-9(17(27)29)2-1-6-23-11/h1-4,6H,5,7-8H2,(H2,22,25). The fourth-order valence-electron chi connectivity index (χ4n) is 3.84. The zero-order valence-electron chi connectivity index (χ0n) is 15.7. The summed E-state index contributed by atoms with van der Waals surface area (Å²) in [7, 11) is 0. The van der Waals surface area contributed by atoms with Crippen LogP contribution in [0.4, 0.5) is 14.7 Å². The van der Waals surface area contributed by atoms with Gasteiger partial charge < -0.3 is 20.1 Å². The first kappa shape index (κ1) is 17.7. The molecule has 156 valence electrons. The van der Waals surface area contributed by atoms with Gasteiger partial charge in [-0.05, 0) is 24.3 Å². The van der Waals surface area contributed by atoms with Gasteiger partial charge in [0.25, 0.3) is 5.91 Å². The summed E-state index contributed by atoms with van der Waals surface area (Å²) < 4.78 is 37.4. The van der Waals surface area contributed by atoms with Crippen LogP contribution in [0.25, 0.3) is 16.6 Å². The van der Waals surface area contributed by atoms with Crippen molar-refractivity contribution in [1.29, 1.82) is 0 Å². The quantitative estimate of drug-likeness (QED) is 0.527. The number of nitrogens with two attached hydrogens (primary N) is 1. The number of hydrogen-bond acceptors (Lipinski definition) is 8. The molecule has 1 aromatic carbocycles. The van der Waals surface area contributed by atoms with E-state index < -0.39 is 6.29 Å². The minimum Gasteiger partial charge on any atom is -0.395 e. The summed E-state index contributed by atoms with van der Waals surface area (Å²) in [6, 6.07) is 6.38. The summed E-state index contributed by atoms with van der Waals surface area (Å²) in [5.74, 6) is -0.0291. The van der Waals surface area contributed by atoms with Crippen molar-refractivity contribution in [3.05, 3.63) is 47.5 Å². The molecule has 6 rings (SSSR count). The number of rotatable bonds is 3. The Kier molecular flexibility index (Phi) is 3.41. The molecule has 0 bridgehead atoms. The van der Waals surface area contributed by atoms with Gasteiger partial charge in [-0.2, -0.15) is 4.52 Å². The summed E-state index contributed by atoms with van der Waals surface area (Å²) in [6.07, 6.45) is -1.75. The van der Waals surface area contributed by atoms with Crippen molar-refractivity contribution in [2.24, 2.45) is 0 Å². The number of benzene rings is 1. The van der Waals surface area contributed by atoms with Crippen LogP contribution in [-0.4, -0.2) is 48.2 Å². The van der Waals surface area contributed by atoms with Crippen LogP contribution >= 0.6 is 0 Å². The van der Waals surface area contributed by atoms with Gasteiger partial charge in [-0.15, -0.1) is 13.9 Å². The van der Waals surface area contributed by atoms with Gasteiger partial charge in [0.05, 0.1) is 17.8 Å². The smallest absolute Gasteiger partial charge is 0.395 e. The van der Waals surface area contributed by atoms with Gasteiger partial charge in [0.15, 0.2) is 23.0 Å². The fourth-order valence-corrected chi connectivity index (χ4v) is 3.84. The summed E-state index contributed by atoms with van der Waals surface area (Å²) in [5, 5.41) is 4.80. The molecule has 3 aromatic heterocycles. The van der Waals surface area contributed by atoms with Crippen LogP contribution in [0.3, 0.4) is 0 Å². The van der Waals surface area contributed by atoms with E-state index >= 15 is 0 Å². The van der Waals surface area contributed by atoms with E-state index in [1.165, 1.54) is 10.6 Å². The van der Waals surface area contributed by atoms with Crippen LogP contribution in [0.2, 0.25) is 0 Å². The molecule has 0 saturated heterocycles. The SMILES string of the molecule is Nc1nc2c3c(ccc2c2nc(CCN4Cc5ncccc5C4=O)nn12)OC(F)(F)O3. The molecule has 10 nitrogen and oxygen atoms in total. The maximum Gasteiger partial charge on any atom is 0.586 e. The lowest BCUT2D eigenvalue weighted by Crippen LogP contribution is -2.26. The molecule has 0 atom stereocenters. The second-order valence-corrected chi connectivity index (χ2v) is 7.16. The second kappa shape index (κ2) is 5.97. The highest BCUT2D eigenvalue weighted by Crippen LogP contribution is 2.45. The first-order chi connectivity index (χ1) is 14.9. The van der Waals surface area contributed by atoms with E-state index in [9.17, 15) is 13.6 Å². The highest BCUT2D eigenvalue weighted by atomic mass is 19.3. The maximum atomic E-state index is 13.5. The highest BCUT2D eigenvalue weighted by molar-refractivity contribution is 5.98. The Hall–Kier alpha value is -4.09. The third-order valence-corrected chi connectivity index (χ3v) is 5.23. The van der Waals surface area contributed by atoms with Gasteiger partial charge in [-0.3, -0.25) is 9.78 Å². The molecular weight excluding hydrogens is 412 g/mol. The van der Waals surface area contributed by atoms with Crippen molar-refractivity contribution >= 4 is 28.4 Å². The van der Waals surface area contributed by atoms with Crippen molar-refractivity contribution in [1.82, 2.24) is 29.5 Å². The van der Waals surface area contributed by atoms with Crippen LogP contribution in [0.15, 0.2) is 30.5 Å². The topological polar surface area (TPSA) is 121 Å². The van der Waals surface area contributed by atoms with Crippen LogP contribution in [0.1, 0.15) is 21.9 Å². The number of aromatic nitrogens is 5. The monoisotopic (exact) mass is 425 g/mol. The fraction of sp³-hybridized carbons (Fsp3) is 0.211. The first-order valence-corrected chi connectivity index (χ1v) is 9.36. The lowest BCUT2D eigenvalue weighted by atomic mass is 10.2. The number of ether oxygens (including phenoxy) is 2. The van der Waals surface area contributed by atoms with Crippen LogP contribution < -0.4 is 15.2 Å². The highest BCUT2D eigenvalue weighted by Gasteiger charge is 2.45. The second-order valence-electron chi connectivity index (χ2n) is 7.16. The number of halogens is 2. The average Bonchev–Trinajstić information content (AvgIpc) is 3.40. The molecule has 0 fully saturated rings. The number of pyridine rings is 1. The molecule has 0 aliphatic carbocycles. The Morgan fingerprint density at radius 2 is 2.06 bits per heavy atom. The molecule has 2 N–H and O–H groups in total. The van der Waals surface area contributed by atoms with Crippen molar-refractivity contribution in [3.63, 3.8) is 0 Å². The van der Waals surface area contributed by atoms with Crippen LogP contribution in [0.5, 0.6) is 11.5 Å². The maximum absolute atomic E-state index is 13.5. The molecule has 2 aliphatic rings. The summed E-state index contributed by atoms with van der Waals surface area (Å²) in [4.78, 5) is 27.1. The third kappa shape index (κ3) is 2.64. The van der Waals surface area contributed by atoms with Crippen molar-refractivity contribution < 1.29 is 23.0 Å². The van der Waals surface area contributed by atoms with Gasteiger partial charge >= 0.3 is 6.29 Å². The number of alkyl halides is 2. The molecule has 1 amide bonds. The summed E-state index contributed by atoms with van der Waals surface area (Å²) in [5.41, 5.74) is 7.77. The lowest BCUT2D eigenvalue weighted by Gasteiger charge is -2.13. The number of nitrogens with zero attached hydrogens (tertiary/aromatic N) is 6. The number of hydrogen-bond donors (Lipinski definition) is 1. The van der Waals surface area contributed by atoms with E-state index in [1.807, 2.05) is 0 Å². The Labute approximate surface area is 172 Å². The Morgan fingerprint density at radius 1 is 1.19 bits per heavy atom. The van der Waals surface area contributed by atoms with Crippen LogP contribution in [-0.2, 0) is 13.0 Å². The Balaban J connectivity index is 1.33. The van der Waals surface area contributed by atoms with Gasteiger partial charge in [-0.25, -0.2) is 9.97 Å². The summed E-state index contributed by atoms with van der Waals surface area (Å²) in [6.45, 7) is 0.808. The third-order valence-electron chi connectivity index (χ3n) is 5.23. The van der Waals surface area contributed by atoms with Crippen LogP contribution in [0, 0.1) is 0 Å². The van der Waals surface area contributed by atoms with E-state index in [4.69, 9.17) is 5.73 Å². The van der Waals surface area contributed by atoms with E-state index in [1.54, 1.807) is 29.3 Å². The van der Waals surface area contributed by atoms with Crippen molar-refractivity contribution in [3.8, 4) is 11.5 Å². The molecule has 31 heavy (non-hydrogen) atoms. The van der Waals surface area contributed by atoms with Gasteiger partial charge in [-0.1, -0.05) is 0 Å². The van der Waals surface area contributed by atoms with E-state index in [2.05, 4.69) is 29.5 Å². The predicted octanol–water partition coefficient (Wildman–Crippen LogP) is 1.77. The van der Waals surface area contributed by atoms with Crippen molar-refractivity contribution in [2.45, 2.75) is 19.3 Å². The Morgan fingerprint density at radius 3 is 2.90 bits per heavy atom. The molecule has 4 aromatic rings. The van der Waals surface area contributed by atoms with Gasteiger partial charge in [0.2, 0.25) is 5.95 Å². The number of amides is 1. The molecule has 0 radical (unpaired) electrons. The largest absolute Gasteiger partial charge is 0.586 e. The number of carbonyl (C=O) groups excluding carboxylic acids is 1. The Bertz CT molecular complexity index is 1400. The van der Waals surface area contributed by atoms with Crippen molar-refractivity contribution in [2.75, 3.05) is 12.3 Å². The summed E-state index contributed by atoms with van der Waals surface area (Å²) >= 11 is 0. The van der Waals surface area contributed by atoms with E-state index in [0.717, 1.165) is 5.69 Å². The number of anilines is 1. The molecule has 5 heterocycles. The molecule has 0 spiro atoms. The molecule has 0 unspecified atom stereocenters.